The minimum Gasteiger partial charge on any atom is -0.490 e. The number of aliphatic imine (C=N–C) groups is 2. The molecule has 1 unspecified atom stereocenters. The Balaban J connectivity index is 1.14. The van der Waals surface area contributed by atoms with Crippen LogP contribution in [0.1, 0.15) is 54.4 Å². The molecule has 5 aliphatic rings. The normalized spacial score (nSPS) is 27.0. The molecule has 5 heterocycles. The van der Waals surface area contributed by atoms with Crippen molar-refractivity contribution >= 4 is 29.7 Å². The van der Waals surface area contributed by atoms with Crippen molar-refractivity contribution < 1.29 is 23.3 Å². The minimum atomic E-state index is -0.622. The number of amidine groups is 1. The number of allylic oxidation sites excluding steroid dienone is 1. The van der Waals surface area contributed by atoms with Gasteiger partial charge in [0.05, 0.1) is 24.1 Å². The van der Waals surface area contributed by atoms with Gasteiger partial charge in [0.2, 0.25) is 11.6 Å². The number of nitrogens with one attached hydrogen (secondary N) is 1. The topological polar surface area (TPSA) is 122 Å². The highest BCUT2D eigenvalue weighted by atomic mass is 19.1. The molecule has 204 valence electrons. The fourth-order valence-electron chi connectivity index (χ4n) is 5.93. The number of amides is 2. The second-order valence-electron chi connectivity index (χ2n) is 10.9. The molecule has 0 radical (unpaired) electrons. The van der Waals surface area contributed by atoms with E-state index in [9.17, 15) is 9.59 Å². The molecular weight excluding hydrogens is 513 g/mol. The number of rotatable bonds is 6. The van der Waals surface area contributed by atoms with E-state index >= 15 is 4.39 Å². The van der Waals surface area contributed by atoms with E-state index in [0.29, 0.717) is 36.1 Å². The van der Waals surface area contributed by atoms with Crippen molar-refractivity contribution in [3.8, 4) is 5.75 Å². The van der Waals surface area contributed by atoms with Crippen LogP contribution >= 0.6 is 0 Å². The summed E-state index contributed by atoms with van der Waals surface area (Å²) in [6, 6.07) is 7.92. The number of benzene rings is 1. The van der Waals surface area contributed by atoms with E-state index in [1.807, 2.05) is 4.90 Å². The van der Waals surface area contributed by atoms with Crippen LogP contribution in [0.2, 0.25) is 0 Å². The standard InChI is InChI=1S/C29H28FN7O3/c30-23-13-17(29(39)34-25-14-21(9-10-33-25)40-20-5-6-20)2-7-22(23)28-35-27(24-15-32-11-12-37(24,28)31)18-1-3-19-4-8-26(38)36(19)16-18/h2,7,9-15,18-20H,1,3-6,8,16,31H2/p+1/t18-,19+,37?/m1/s1. The van der Waals surface area contributed by atoms with Gasteiger partial charge in [0.25, 0.3) is 11.7 Å². The molecular formula is C29H29FN7O3+. The van der Waals surface area contributed by atoms with Gasteiger partial charge in [-0.05, 0) is 56.4 Å². The lowest BCUT2D eigenvalue weighted by atomic mass is 9.90. The monoisotopic (exact) mass is 542 g/mol. The van der Waals surface area contributed by atoms with Crippen molar-refractivity contribution in [2.45, 2.75) is 50.7 Å². The third-order valence-corrected chi connectivity index (χ3v) is 8.20. The summed E-state index contributed by atoms with van der Waals surface area (Å²) in [5.41, 5.74) is 1.71. The lowest BCUT2D eigenvalue weighted by Gasteiger charge is -2.35. The molecule has 1 aromatic heterocycles. The Hall–Kier alpha value is -4.22. The number of carbonyl (C=O) groups is 2. The molecule has 1 aliphatic carbocycles. The van der Waals surface area contributed by atoms with Crippen molar-refractivity contribution in [2.75, 3.05) is 11.9 Å². The van der Waals surface area contributed by atoms with E-state index in [-0.39, 0.29) is 39.7 Å². The number of fused-ring (bicyclic) bond motifs is 2. The van der Waals surface area contributed by atoms with Gasteiger partial charge in [-0.25, -0.2) is 9.37 Å². The molecule has 2 amide bonds. The number of hydrogen-bond donors (Lipinski definition) is 2. The zero-order valence-electron chi connectivity index (χ0n) is 21.8. The van der Waals surface area contributed by atoms with Gasteiger partial charge in [0.1, 0.15) is 29.3 Å². The summed E-state index contributed by atoms with van der Waals surface area (Å²) >= 11 is 0. The third kappa shape index (κ3) is 4.31. The first-order valence-electron chi connectivity index (χ1n) is 13.6. The molecule has 0 spiro atoms. The zero-order chi connectivity index (χ0) is 27.4. The van der Waals surface area contributed by atoms with Crippen LogP contribution in [-0.4, -0.2) is 57.0 Å². The Morgan fingerprint density at radius 1 is 1.15 bits per heavy atom. The van der Waals surface area contributed by atoms with Gasteiger partial charge in [-0.3, -0.25) is 14.6 Å². The Kier molecular flexibility index (Phi) is 5.86. The molecule has 10 nitrogen and oxygen atoms in total. The summed E-state index contributed by atoms with van der Waals surface area (Å²) < 4.78 is 21.1. The van der Waals surface area contributed by atoms with E-state index in [2.05, 4.69) is 15.3 Å². The van der Waals surface area contributed by atoms with E-state index in [1.165, 1.54) is 12.1 Å². The van der Waals surface area contributed by atoms with Crippen LogP contribution in [-0.2, 0) is 4.79 Å². The van der Waals surface area contributed by atoms with E-state index in [4.69, 9.17) is 15.6 Å². The first-order valence-corrected chi connectivity index (χ1v) is 13.6. The molecule has 3 atom stereocenters. The summed E-state index contributed by atoms with van der Waals surface area (Å²) in [6.45, 7) is 0.569. The van der Waals surface area contributed by atoms with Crippen molar-refractivity contribution in [1.82, 2.24) is 9.88 Å². The molecule has 4 aliphatic heterocycles. The molecule has 3 fully saturated rings. The number of anilines is 1. The summed E-state index contributed by atoms with van der Waals surface area (Å²) in [4.78, 5) is 40.6. The number of aromatic nitrogens is 1. The van der Waals surface area contributed by atoms with Crippen LogP contribution < -0.4 is 15.9 Å². The van der Waals surface area contributed by atoms with Crippen LogP contribution in [0.25, 0.3) is 0 Å². The summed E-state index contributed by atoms with van der Waals surface area (Å²) in [5.74, 6) is 7.10. The van der Waals surface area contributed by atoms with Crippen LogP contribution in [0.5, 0.6) is 5.75 Å². The molecule has 3 N–H and O–H groups in total. The summed E-state index contributed by atoms with van der Waals surface area (Å²) in [5, 5.41) is 2.71. The summed E-state index contributed by atoms with van der Waals surface area (Å²) in [7, 11) is 0. The van der Waals surface area contributed by atoms with Gasteiger partial charge in [-0.15, -0.1) is 4.59 Å². The number of halogens is 1. The van der Waals surface area contributed by atoms with Crippen LogP contribution in [0.15, 0.2) is 70.3 Å². The second-order valence-corrected chi connectivity index (χ2v) is 10.9. The Labute approximate surface area is 230 Å². The Morgan fingerprint density at radius 3 is 2.85 bits per heavy atom. The molecule has 2 saturated heterocycles. The molecule has 7 rings (SSSR count). The van der Waals surface area contributed by atoms with Gasteiger partial charge >= 0.3 is 0 Å². The highest BCUT2D eigenvalue weighted by molar-refractivity contribution is 6.05. The van der Waals surface area contributed by atoms with Crippen LogP contribution in [0.4, 0.5) is 10.2 Å². The lowest BCUT2D eigenvalue weighted by molar-refractivity contribution is -0.750. The number of pyridine rings is 1. The number of ether oxygens (including phenoxy) is 1. The van der Waals surface area contributed by atoms with Gasteiger partial charge < -0.3 is 15.0 Å². The van der Waals surface area contributed by atoms with E-state index in [0.717, 1.165) is 37.8 Å². The van der Waals surface area contributed by atoms with Crippen molar-refractivity contribution in [2.24, 2.45) is 21.7 Å². The van der Waals surface area contributed by atoms with Gasteiger partial charge in [0, 0.05) is 42.8 Å². The average Bonchev–Trinajstić information content (AvgIpc) is 3.61. The number of hydrogen-bond acceptors (Lipinski definition) is 7. The maximum Gasteiger partial charge on any atom is 0.267 e. The molecule has 11 heteroatoms. The first kappa shape index (κ1) is 24.8. The maximum absolute atomic E-state index is 15.6. The largest absolute Gasteiger partial charge is 0.490 e. The number of nitrogens with two attached hydrogens (primary N) is 1. The third-order valence-electron chi connectivity index (χ3n) is 8.20. The fraction of sp³-hybridized carbons (Fsp3) is 0.345. The predicted molar refractivity (Wildman–Crippen MR) is 145 cm³/mol. The SMILES string of the molecule is N[N+]12C=CN=CC1=C([C@@H]1CC[C@H]3CCC(=O)N3C1)N=C2c1ccc(C(=O)Nc2cc(OC3CC3)ccn2)cc1F. The molecule has 0 bridgehead atoms. The first-order chi connectivity index (χ1) is 19.4. The molecule has 1 saturated carbocycles. The predicted octanol–water partition coefficient (Wildman–Crippen LogP) is 3.63. The number of quaternary nitrogens is 1. The number of nitrogens with zero attached hydrogens (tertiary/aromatic N) is 5. The van der Waals surface area contributed by atoms with Crippen molar-refractivity contribution in [3.63, 3.8) is 0 Å². The Bertz CT molecular complexity index is 1550. The smallest absolute Gasteiger partial charge is 0.267 e. The van der Waals surface area contributed by atoms with E-state index in [1.54, 1.807) is 43.0 Å². The van der Waals surface area contributed by atoms with Crippen molar-refractivity contribution in [1.29, 1.82) is 0 Å². The highest BCUT2D eigenvalue weighted by Gasteiger charge is 2.48. The lowest BCUT2D eigenvalue weighted by Crippen LogP contribution is -2.53. The highest BCUT2D eigenvalue weighted by Crippen LogP contribution is 2.40. The molecule has 1 aromatic carbocycles. The van der Waals surface area contributed by atoms with Gasteiger partial charge in [-0.2, -0.15) is 10.8 Å². The van der Waals surface area contributed by atoms with Crippen molar-refractivity contribution in [3.05, 3.63) is 77.3 Å². The second kappa shape index (κ2) is 9.46. The van der Waals surface area contributed by atoms with Gasteiger partial charge in [-0.1, -0.05) is 0 Å². The quantitative estimate of drug-likeness (QED) is 0.426. The van der Waals surface area contributed by atoms with Crippen LogP contribution in [0, 0.1) is 11.7 Å². The molecule has 40 heavy (non-hydrogen) atoms. The molecule has 2 aromatic rings. The van der Waals surface area contributed by atoms with Crippen LogP contribution in [0.3, 0.4) is 0 Å². The fourth-order valence-corrected chi connectivity index (χ4v) is 5.93. The summed E-state index contributed by atoms with van der Waals surface area (Å²) in [6.07, 6.45) is 12.0. The Morgan fingerprint density at radius 2 is 2.02 bits per heavy atom. The number of carbonyl (C=O) groups excluding carboxylic acids is 2. The zero-order valence-corrected chi connectivity index (χ0v) is 21.8. The van der Waals surface area contributed by atoms with E-state index < -0.39 is 11.7 Å². The average molecular weight is 543 g/mol. The minimum absolute atomic E-state index is 0.0231. The maximum atomic E-state index is 15.6. The van der Waals surface area contributed by atoms with Gasteiger partial charge in [0.15, 0.2) is 0 Å². The number of piperidine rings is 1.